The number of carboxylic acid groups (broad SMARTS) is 1. The number of benzene rings is 4. The molecule has 4 rings (SSSR count). The average Bonchev–Trinajstić information content (AvgIpc) is 2.93. The minimum absolute atomic E-state index is 0.107. The quantitative estimate of drug-likeness (QED) is 0.296. The number of rotatable bonds is 11. The zero-order valence-electron chi connectivity index (χ0n) is 20.9. The summed E-state index contributed by atoms with van der Waals surface area (Å²) in [6, 6.07) is 35.9. The second-order valence-electron chi connectivity index (χ2n) is 9.15. The highest BCUT2D eigenvalue weighted by molar-refractivity contribution is 5.89. The number of methoxy groups -OCH3 is 1. The molecule has 0 spiro atoms. The smallest absolute Gasteiger partial charge is 0.330 e. The Hall–Kier alpha value is -4.38. The molecule has 5 nitrogen and oxygen atoms in total. The van der Waals surface area contributed by atoms with Crippen LogP contribution in [0.2, 0.25) is 0 Å². The second kappa shape index (κ2) is 12.0. The van der Waals surface area contributed by atoms with Gasteiger partial charge in [0.25, 0.3) is 0 Å². The summed E-state index contributed by atoms with van der Waals surface area (Å²) in [5.41, 5.74) is 1.87. The molecule has 1 amide bonds. The Morgan fingerprint density at radius 2 is 1.14 bits per heavy atom. The lowest BCUT2D eigenvalue weighted by Gasteiger charge is -2.41. The first-order valence-electron chi connectivity index (χ1n) is 12.3. The molecule has 0 heterocycles. The number of amides is 1. The number of carbonyl (C=O) groups is 2. The molecule has 4 aromatic carbocycles. The van der Waals surface area contributed by atoms with Gasteiger partial charge in [0, 0.05) is 19.4 Å². The summed E-state index contributed by atoms with van der Waals surface area (Å²) in [6.07, 6.45) is 0.457. The molecule has 188 valence electrons. The zero-order valence-corrected chi connectivity index (χ0v) is 20.9. The summed E-state index contributed by atoms with van der Waals surface area (Å²) >= 11 is 0. The predicted octanol–water partition coefficient (Wildman–Crippen LogP) is 5.58. The van der Waals surface area contributed by atoms with Crippen molar-refractivity contribution in [2.24, 2.45) is 0 Å². The van der Waals surface area contributed by atoms with Crippen molar-refractivity contribution in [1.29, 1.82) is 0 Å². The Labute approximate surface area is 218 Å². The normalized spacial score (nSPS) is 11.1. The van der Waals surface area contributed by atoms with Crippen LogP contribution in [0.5, 0.6) is 5.75 Å². The molecule has 0 unspecified atom stereocenters. The summed E-state index contributed by atoms with van der Waals surface area (Å²) in [4.78, 5) is 28.9. The first-order chi connectivity index (χ1) is 18.0. The molecule has 0 atom stereocenters. The average molecular weight is 494 g/mol. The Morgan fingerprint density at radius 1 is 0.676 bits per heavy atom. The molecule has 0 aliphatic carbocycles. The molecule has 1 N–H and O–H groups in total. The lowest BCUT2D eigenvalue weighted by molar-refractivity contribution is -0.160. The fraction of sp³-hybridized carbons (Fsp3) is 0.188. The maximum atomic E-state index is 14.0. The molecule has 0 saturated carbocycles. The monoisotopic (exact) mass is 493 g/mol. The number of ether oxygens (including phenoxy) is 1. The molecule has 0 aliphatic rings. The molecular formula is C32H31NO4. The Kier molecular flexibility index (Phi) is 8.37. The first kappa shape index (κ1) is 25.7. The van der Waals surface area contributed by atoms with E-state index in [1.54, 1.807) is 12.0 Å². The van der Waals surface area contributed by atoms with Crippen LogP contribution in [0.1, 0.15) is 22.3 Å². The topological polar surface area (TPSA) is 66.8 Å². The summed E-state index contributed by atoms with van der Waals surface area (Å²) in [5.74, 6) is -0.574. The second-order valence-corrected chi connectivity index (χ2v) is 9.15. The van der Waals surface area contributed by atoms with E-state index in [1.807, 2.05) is 115 Å². The van der Waals surface area contributed by atoms with Gasteiger partial charge < -0.3 is 14.7 Å². The van der Waals surface area contributed by atoms with Gasteiger partial charge in [0.05, 0.1) is 13.5 Å². The number of carboxylic acids is 1. The molecule has 0 aromatic heterocycles. The van der Waals surface area contributed by atoms with Crippen molar-refractivity contribution in [2.75, 3.05) is 7.11 Å². The van der Waals surface area contributed by atoms with Gasteiger partial charge in [-0.2, -0.15) is 0 Å². The maximum absolute atomic E-state index is 14.0. The van der Waals surface area contributed by atoms with E-state index in [9.17, 15) is 14.7 Å². The fourth-order valence-corrected chi connectivity index (χ4v) is 4.64. The molecule has 37 heavy (non-hydrogen) atoms. The number of hydrogen-bond donors (Lipinski definition) is 1. The van der Waals surface area contributed by atoms with E-state index in [0.717, 1.165) is 22.3 Å². The Morgan fingerprint density at radius 3 is 1.57 bits per heavy atom. The van der Waals surface area contributed by atoms with E-state index in [0.29, 0.717) is 5.75 Å². The zero-order chi connectivity index (χ0) is 26.1. The number of hydrogen-bond acceptors (Lipinski definition) is 3. The van der Waals surface area contributed by atoms with Gasteiger partial charge in [-0.25, -0.2) is 4.79 Å². The van der Waals surface area contributed by atoms with Crippen LogP contribution in [-0.2, 0) is 35.4 Å². The molecule has 5 heteroatoms. The SMILES string of the molecule is COc1ccc(CN(C(=O)Cc2ccccc2)C(Cc2ccccc2)(Cc2ccccc2)C(=O)O)cc1. The fourth-order valence-electron chi connectivity index (χ4n) is 4.64. The number of carbonyl (C=O) groups excluding carboxylic acids is 1. The highest BCUT2D eigenvalue weighted by atomic mass is 16.5. The number of nitrogens with zero attached hydrogens (tertiary/aromatic N) is 1. The van der Waals surface area contributed by atoms with Gasteiger partial charge in [-0.15, -0.1) is 0 Å². The van der Waals surface area contributed by atoms with Crippen LogP contribution in [0.25, 0.3) is 0 Å². The van der Waals surface area contributed by atoms with Crippen molar-refractivity contribution in [1.82, 2.24) is 4.90 Å². The largest absolute Gasteiger partial charge is 0.497 e. The minimum atomic E-state index is -1.51. The minimum Gasteiger partial charge on any atom is -0.497 e. The first-order valence-corrected chi connectivity index (χ1v) is 12.3. The van der Waals surface area contributed by atoms with Gasteiger partial charge in [-0.1, -0.05) is 103 Å². The van der Waals surface area contributed by atoms with Crippen LogP contribution in [-0.4, -0.2) is 34.5 Å². The van der Waals surface area contributed by atoms with E-state index >= 15 is 0 Å². The molecule has 0 fully saturated rings. The Bertz CT molecular complexity index is 1250. The lowest BCUT2D eigenvalue weighted by atomic mass is 9.82. The van der Waals surface area contributed by atoms with Gasteiger partial charge >= 0.3 is 5.97 Å². The van der Waals surface area contributed by atoms with Crippen molar-refractivity contribution >= 4 is 11.9 Å². The molecule has 0 bridgehead atoms. The third kappa shape index (κ3) is 6.44. The van der Waals surface area contributed by atoms with Gasteiger partial charge in [0.1, 0.15) is 11.3 Å². The van der Waals surface area contributed by atoms with E-state index in [2.05, 4.69) is 0 Å². The van der Waals surface area contributed by atoms with Crippen LogP contribution in [0.4, 0.5) is 0 Å². The van der Waals surface area contributed by atoms with Crippen LogP contribution in [0.15, 0.2) is 115 Å². The van der Waals surface area contributed by atoms with Crippen LogP contribution in [0.3, 0.4) is 0 Å². The van der Waals surface area contributed by atoms with Crippen LogP contribution >= 0.6 is 0 Å². The summed E-state index contributed by atoms with van der Waals surface area (Å²) in [5, 5.41) is 10.9. The highest BCUT2D eigenvalue weighted by Gasteiger charge is 2.46. The molecule has 0 radical (unpaired) electrons. The lowest BCUT2D eigenvalue weighted by Crippen LogP contribution is -2.60. The van der Waals surface area contributed by atoms with E-state index in [-0.39, 0.29) is 31.7 Å². The van der Waals surface area contributed by atoms with Gasteiger partial charge in [-0.05, 0) is 34.4 Å². The van der Waals surface area contributed by atoms with Crippen molar-refractivity contribution in [3.63, 3.8) is 0 Å². The van der Waals surface area contributed by atoms with Crippen LogP contribution < -0.4 is 4.74 Å². The Balaban J connectivity index is 1.82. The van der Waals surface area contributed by atoms with E-state index in [1.165, 1.54) is 0 Å². The van der Waals surface area contributed by atoms with Gasteiger partial charge in [-0.3, -0.25) is 4.79 Å². The van der Waals surface area contributed by atoms with Gasteiger partial charge in [0.2, 0.25) is 5.91 Å². The van der Waals surface area contributed by atoms with Gasteiger partial charge in [0.15, 0.2) is 0 Å². The number of aliphatic carboxylic acids is 1. The van der Waals surface area contributed by atoms with Crippen molar-refractivity contribution in [3.8, 4) is 5.75 Å². The third-order valence-corrected chi connectivity index (χ3v) is 6.59. The predicted molar refractivity (Wildman–Crippen MR) is 144 cm³/mol. The van der Waals surface area contributed by atoms with Crippen molar-refractivity contribution in [3.05, 3.63) is 138 Å². The molecule has 0 aliphatic heterocycles. The maximum Gasteiger partial charge on any atom is 0.330 e. The van der Waals surface area contributed by atoms with Crippen molar-refractivity contribution < 1.29 is 19.4 Å². The standard InChI is InChI=1S/C32H31NO4/c1-37-29-19-17-28(18-20-29)24-33(30(34)21-25-11-5-2-6-12-25)32(31(35)36,22-26-13-7-3-8-14-26)23-27-15-9-4-10-16-27/h2-20H,21-24H2,1H3,(H,35,36). The summed E-state index contributed by atoms with van der Waals surface area (Å²) < 4.78 is 5.29. The molecular weight excluding hydrogens is 462 g/mol. The van der Waals surface area contributed by atoms with Crippen LogP contribution in [0, 0.1) is 0 Å². The summed E-state index contributed by atoms with van der Waals surface area (Å²) in [7, 11) is 1.60. The third-order valence-electron chi connectivity index (χ3n) is 6.59. The molecule has 0 saturated heterocycles. The summed E-state index contributed by atoms with van der Waals surface area (Å²) in [6.45, 7) is 0.154. The van der Waals surface area contributed by atoms with E-state index < -0.39 is 11.5 Å². The highest BCUT2D eigenvalue weighted by Crippen LogP contribution is 2.30. The molecule has 4 aromatic rings. The van der Waals surface area contributed by atoms with E-state index in [4.69, 9.17) is 4.74 Å². The van der Waals surface area contributed by atoms with Crippen molar-refractivity contribution in [2.45, 2.75) is 31.3 Å².